The van der Waals surface area contributed by atoms with Crippen LogP contribution in [0, 0.1) is 0 Å². The molecule has 3 N–H and O–H groups in total. The second-order valence-corrected chi connectivity index (χ2v) is 5.22. The molecule has 20 heavy (non-hydrogen) atoms. The Balaban J connectivity index is 2.23. The number of aliphatic hydroxyl groups excluding tert-OH is 1. The number of nitrogens with zero attached hydrogens (tertiary/aromatic N) is 2. The third-order valence-electron chi connectivity index (χ3n) is 3.65. The van der Waals surface area contributed by atoms with Crippen molar-refractivity contribution in [3.63, 3.8) is 0 Å². The molecule has 0 aliphatic carbocycles. The Morgan fingerprint density at radius 1 is 1.70 bits per heavy atom. The van der Waals surface area contributed by atoms with E-state index in [2.05, 4.69) is 4.98 Å². The van der Waals surface area contributed by atoms with Crippen LogP contribution >= 0.6 is 0 Å². The zero-order valence-electron chi connectivity index (χ0n) is 11.5. The number of aromatic nitrogens is 2. The summed E-state index contributed by atoms with van der Waals surface area (Å²) in [5.41, 5.74) is 3.84. The van der Waals surface area contributed by atoms with Crippen LogP contribution in [-0.4, -0.2) is 33.0 Å². The molecule has 6 nitrogen and oxygen atoms in total. The second kappa shape index (κ2) is 5.88. The highest BCUT2D eigenvalue weighted by molar-refractivity contribution is 5.23. The van der Waals surface area contributed by atoms with E-state index in [9.17, 15) is 14.3 Å². The summed E-state index contributed by atoms with van der Waals surface area (Å²) in [5.74, 6) is 0.0825. The van der Waals surface area contributed by atoms with E-state index in [4.69, 9.17) is 10.5 Å². The van der Waals surface area contributed by atoms with Crippen LogP contribution in [0.4, 0.5) is 10.2 Å². The normalized spacial score (nSPS) is 29.8. The first-order chi connectivity index (χ1) is 9.51. The first-order valence-electron chi connectivity index (χ1n) is 6.79. The predicted molar refractivity (Wildman–Crippen MR) is 71.9 cm³/mol. The maximum Gasteiger partial charge on any atom is 0.351 e. The fourth-order valence-corrected chi connectivity index (χ4v) is 2.53. The Labute approximate surface area is 116 Å². The minimum Gasteiger partial charge on any atom is -0.393 e. The number of alkyl halides is 1. The lowest BCUT2D eigenvalue weighted by Crippen LogP contribution is -2.35. The fourth-order valence-electron chi connectivity index (χ4n) is 2.53. The highest BCUT2D eigenvalue weighted by Gasteiger charge is 2.47. The van der Waals surface area contributed by atoms with Crippen LogP contribution in [0.3, 0.4) is 0 Å². The van der Waals surface area contributed by atoms with Gasteiger partial charge in [0.05, 0.1) is 12.2 Å². The SMILES string of the molecule is CCCC[C@@]1(CO)C[C@@H](F)[C@H](n2ccc(N)nc2=O)O1. The van der Waals surface area contributed by atoms with Gasteiger partial charge in [0, 0.05) is 12.6 Å². The van der Waals surface area contributed by atoms with Crippen molar-refractivity contribution < 1.29 is 14.2 Å². The summed E-state index contributed by atoms with van der Waals surface area (Å²) < 4.78 is 21.0. The molecule has 2 rings (SSSR count). The summed E-state index contributed by atoms with van der Waals surface area (Å²) in [6.07, 6.45) is 1.35. The van der Waals surface area contributed by atoms with Crippen LogP contribution in [0.2, 0.25) is 0 Å². The smallest absolute Gasteiger partial charge is 0.351 e. The molecule has 0 amide bonds. The molecule has 1 aliphatic heterocycles. The topological polar surface area (TPSA) is 90.4 Å². The van der Waals surface area contributed by atoms with Crippen LogP contribution in [0.5, 0.6) is 0 Å². The minimum absolute atomic E-state index is 0.0744. The highest BCUT2D eigenvalue weighted by atomic mass is 19.1. The summed E-state index contributed by atoms with van der Waals surface area (Å²) in [6.45, 7) is 1.75. The summed E-state index contributed by atoms with van der Waals surface area (Å²) in [7, 11) is 0. The number of anilines is 1. The third-order valence-corrected chi connectivity index (χ3v) is 3.65. The number of nitrogen functional groups attached to an aromatic ring is 1. The van der Waals surface area contributed by atoms with Crippen LogP contribution < -0.4 is 11.4 Å². The maximum absolute atomic E-state index is 14.2. The third kappa shape index (κ3) is 2.83. The lowest BCUT2D eigenvalue weighted by atomic mass is 9.94. The van der Waals surface area contributed by atoms with Gasteiger partial charge in [-0.15, -0.1) is 0 Å². The van der Waals surface area contributed by atoms with E-state index in [0.29, 0.717) is 6.42 Å². The largest absolute Gasteiger partial charge is 0.393 e. The van der Waals surface area contributed by atoms with E-state index in [1.807, 2.05) is 6.92 Å². The van der Waals surface area contributed by atoms with Crippen LogP contribution in [-0.2, 0) is 4.74 Å². The number of aliphatic hydroxyl groups is 1. The van der Waals surface area contributed by atoms with Crippen molar-refractivity contribution in [3.05, 3.63) is 22.7 Å². The van der Waals surface area contributed by atoms with Crippen LogP contribution in [0.15, 0.2) is 17.1 Å². The monoisotopic (exact) mass is 285 g/mol. The van der Waals surface area contributed by atoms with E-state index in [0.717, 1.165) is 17.4 Å². The Kier molecular flexibility index (Phi) is 4.39. The average molecular weight is 285 g/mol. The lowest BCUT2D eigenvalue weighted by molar-refractivity contribution is -0.110. The number of hydrogen-bond donors (Lipinski definition) is 2. The van der Waals surface area contributed by atoms with E-state index in [1.54, 1.807) is 0 Å². The molecule has 3 atom stereocenters. The van der Waals surface area contributed by atoms with Crippen molar-refractivity contribution in [2.24, 2.45) is 0 Å². The minimum atomic E-state index is -1.36. The Hall–Kier alpha value is -1.47. The van der Waals surface area contributed by atoms with Gasteiger partial charge in [-0.25, -0.2) is 9.18 Å². The molecule has 0 aromatic carbocycles. The number of rotatable bonds is 5. The van der Waals surface area contributed by atoms with Gasteiger partial charge in [0.25, 0.3) is 0 Å². The van der Waals surface area contributed by atoms with Gasteiger partial charge in [-0.1, -0.05) is 19.8 Å². The number of unbranched alkanes of at least 4 members (excludes halogenated alkanes) is 1. The quantitative estimate of drug-likeness (QED) is 0.842. The predicted octanol–water partition coefficient (Wildman–Crippen LogP) is 1.00. The van der Waals surface area contributed by atoms with Crippen molar-refractivity contribution in [2.75, 3.05) is 12.3 Å². The molecule has 1 aliphatic rings. The molecule has 0 unspecified atom stereocenters. The summed E-state index contributed by atoms with van der Waals surface area (Å²) in [5, 5.41) is 9.52. The zero-order chi connectivity index (χ0) is 14.8. The van der Waals surface area contributed by atoms with Crippen molar-refractivity contribution in [1.29, 1.82) is 0 Å². The van der Waals surface area contributed by atoms with Crippen molar-refractivity contribution in [2.45, 2.75) is 50.6 Å². The van der Waals surface area contributed by atoms with Crippen molar-refractivity contribution in [3.8, 4) is 0 Å². The van der Waals surface area contributed by atoms with E-state index in [1.165, 1.54) is 12.3 Å². The van der Waals surface area contributed by atoms with Gasteiger partial charge < -0.3 is 15.6 Å². The molecule has 112 valence electrons. The zero-order valence-corrected chi connectivity index (χ0v) is 11.5. The van der Waals surface area contributed by atoms with E-state index in [-0.39, 0.29) is 18.8 Å². The van der Waals surface area contributed by atoms with Gasteiger partial charge in [0.15, 0.2) is 6.23 Å². The maximum atomic E-state index is 14.2. The molecule has 1 aromatic heterocycles. The Morgan fingerprint density at radius 3 is 3.05 bits per heavy atom. The molecule has 1 saturated heterocycles. The molecule has 2 heterocycles. The Morgan fingerprint density at radius 2 is 2.45 bits per heavy atom. The van der Waals surface area contributed by atoms with Crippen molar-refractivity contribution >= 4 is 5.82 Å². The lowest BCUT2D eigenvalue weighted by Gasteiger charge is -2.26. The molecule has 7 heteroatoms. The fraction of sp³-hybridized carbons (Fsp3) is 0.692. The van der Waals surface area contributed by atoms with E-state index < -0.39 is 23.7 Å². The average Bonchev–Trinajstić information content (AvgIpc) is 2.74. The standard InChI is InChI=1S/C13H20FN3O3/c1-2-3-5-13(8-18)7-9(14)11(20-13)17-6-4-10(15)16-12(17)19/h4,6,9,11,18H,2-3,5,7-8H2,1H3,(H2,15,16,19)/t9-,11-,13+/m1/s1. The molecule has 0 saturated carbocycles. The highest BCUT2D eigenvalue weighted by Crippen LogP contribution is 2.40. The number of nitrogens with two attached hydrogens (primary N) is 1. The molecule has 1 fully saturated rings. The number of ether oxygens (including phenoxy) is 1. The molecule has 0 spiro atoms. The van der Waals surface area contributed by atoms with Gasteiger partial charge in [-0.2, -0.15) is 4.98 Å². The van der Waals surface area contributed by atoms with Crippen LogP contribution in [0.1, 0.15) is 38.8 Å². The summed E-state index contributed by atoms with van der Waals surface area (Å²) in [4.78, 5) is 15.3. The second-order valence-electron chi connectivity index (χ2n) is 5.22. The van der Waals surface area contributed by atoms with Crippen molar-refractivity contribution in [1.82, 2.24) is 9.55 Å². The summed E-state index contributed by atoms with van der Waals surface area (Å²) >= 11 is 0. The van der Waals surface area contributed by atoms with Gasteiger partial charge in [0.2, 0.25) is 0 Å². The summed E-state index contributed by atoms with van der Waals surface area (Å²) in [6, 6.07) is 1.42. The van der Waals surface area contributed by atoms with Gasteiger partial charge in [-0.05, 0) is 12.5 Å². The molecule has 0 bridgehead atoms. The number of halogens is 1. The molecular formula is C13H20FN3O3. The molecular weight excluding hydrogens is 265 g/mol. The van der Waals surface area contributed by atoms with Gasteiger partial charge in [-0.3, -0.25) is 4.57 Å². The van der Waals surface area contributed by atoms with Gasteiger partial charge in [0.1, 0.15) is 12.0 Å². The number of hydrogen-bond acceptors (Lipinski definition) is 5. The molecule has 1 aromatic rings. The first kappa shape index (κ1) is 14.9. The Bertz CT molecular complexity index is 522. The van der Waals surface area contributed by atoms with Gasteiger partial charge >= 0.3 is 5.69 Å². The van der Waals surface area contributed by atoms with E-state index >= 15 is 0 Å². The van der Waals surface area contributed by atoms with Crippen LogP contribution in [0.25, 0.3) is 0 Å². The first-order valence-corrected chi connectivity index (χ1v) is 6.79. The molecule has 0 radical (unpaired) electrons.